The van der Waals surface area contributed by atoms with Crippen molar-refractivity contribution in [1.29, 1.82) is 0 Å². The fourth-order valence-corrected chi connectivity index (χ4v) is 3.29. The highest BCUT2D eigenvalue weighted by Gasteiger charge is 2.30. The van der Waals surface area contributed by atoms with Crippen LogP contribution in [0.5, 0.6) is 0 Å². The summed E-state index contributed by atoms with van der Waals surface area (Å²) in [6, 6.07) is 0.431. The molecule has 0 aromatic heterocycles. The van der Waals surface area contributed by atoms with Crippen LogP contribution in [-0.4, -0.2) is 56.7 Å². The lowest BCUT2D eigenvalue weighted by molar-refractivity contribution is -0.226. The van der Waals surface area contributed by atoms with Crippen molar-refractivity contribution < 1.29 is 14.2 Å². The number of hydrogen-bond acceptors (Lipinski definition) is 4. The minimum atomic E-state index is -0.170. The van der Waals surface area contributed by atoms with Crippen LogP contribution in [0.4, 0.5) is 0 Å². The molecule has 2 heterocycles. The SMILES string of the molecule is CC(C)CCOCC1OCC(N2CCC(C(C)C)CC2)CO1. The van der Waals surface area contributed by atoms with E-state index in [0.29, 0.717) is 18.6 Å². The molecule has 130 valence electrons. The third-order valence-corrected chi connectivity index (χ3v) is 5.08. The Bertz CT molecular complexity index is 293. The van der Waals surface area contributed by atoms with E-state index in [-0.39, 0.29) is 6.29 Å². The summed E-state index contributed by atoms with van der Waals surface area (Å²) in [6.45, 7) is 14.4. The molecule has 0 atom stereocenters. The minimum absolute atomic E-state index is 0.170. The summed E-state index contributed by atoms with van der Waals surface area (Å²) in [4.78, 5) is 2.55. The molecule has 0 N–H and O–H groups in total. The van der Waals surface area contributed by atoms with Gasteiger partial charge in [0.1, 0.15) is 0 Å². The molecular formula is C18H35NO3. The summed E-state index contributed by atoms with van der Waals surface area (Å²) in [7, 11) is 0. The second-order valence-corrected chi connectivity index (χ2v) is 7.62. The Morgan fingerprint density at radius 1 is 1.05 bits per heavy atom. The van der Waals surface area contributed by atoms with Crippen molar-refractivity contribution in [3.63, 3.8) is 0 Å². The highest BCUT2D eigenvalue weighted by Crippen LogP contribution is 2.26. The number of ether oxygens (including phenoxy) is 3. The monoisotopic (exact) mass is 313 g/mol. The number of nitrogens with zero attached hydrogens (tertiary/aromatic N) is 1. The van der Waals surface area contributed by atoms with Gasteiger partial charge in [-0.3, -0.25) is 4.90 Å². The van der Waals surface area contributed by atoms with Crippen molar-refractivity contribution in [1.82, 2.24) is 4.90 Å². The van der Waals surface area contributed by atoms with E-state index < -0.39 is 0 Å². The van der Waals surface area contributed by atoms with Gasteiger partial charge < -0.3 is 14.2 Å². The van der Waals surface area contributed by atoms with Crippen LogP contribution in [0.15, 0.2) is 0 Å². The summed E-state index contributed by atoms with van der Waals surface area (Å²) < 4.78 is 17.3. The predicted octanol–water partition coefficient (Wildman–Crippen LogP) is 3.16. The molecule has 4 nitrogen and oxygen atoms in total. The van der Waals surface area contributed by atoms with Crippen molar-refractivity contribution in [3.05, 3.63) is 0 Å². The van der Waals surface area contributed by atoms with Gasteiger partial charge >= 0.3 is 0 Å². The van der Waals surface area contributed by atoms with E-state index >= 15 is 0 Å². The van der Waals surface area contributed by atoms with Crippen LogP contribution in [0.1, 0.15) is 47.0 Å². The molecule has 0 aromatic rings. The van der Waals surface area contributed by atoms with Crippen molar-refractivity contribution in [2.75, 3.05) is 39.5 Å². The molecule has 0 aliphatic carbocycles. The van der Waals surface area contributed by atoms with Crippen molar-refractivity contribution >= 4 is 0 Å². The number of piperidine rings is 1. The Balaban J connectivity index is 1.59. The molecule has 2 rings (SSSR count). The van der Waals surface area contributed by atoms with Gasteiger partial charge in [0.05, 0.1) is 25.9 Å². The molecule has 0 radical (unpaired) electrons. The molecule has 0 aromatic carbocycles. The topological polar surface area (TPSA) is 30.9 Å². The standard InChI is InChI=1S/C18H35NO3/c1-14(2)7-10-20-13-18-21-11-17(12-22-18)19-8-5-16(6-9-19)15(3)4/h14-18H,5-13H2,1-4H3. The fourth-order valence-electron chi connectivity index (χ4n) is 3.29. The summed E-state index contributed by atoms with van der Waals surface area (Å²) in [5.41, 5.74) is 0. The van der Waals surface area contributed by atoms with E-state index in [1.165, 1.54) is 25.9 Å². The van der Waals surface area contributed by atoms with E-state index in [0.717, 1.165) is 38.1 Å². The second kappa shape index (κ2) is 9.21. The van der Waals surface area contributed by atoms with Crippen LogP contribution in [0.3, 0.4) is 0 Å². The summed E-state index contributed by atoms with van der Waals surface area (Å²) in [5, 5.41) is 0. The van der Waals surface area contributed by atoms with Crippen molar-refractivity contribution in [2.45, 2.75) is 59.3 Å². The molecular weight excluding hydrogens is 278 g/mol. The zero-order valence-corrected chi connectivity index (χ0v) is 14.9. The summed E-state index contributed by atoms with van der Waals surface area (Å²) in [5.74, 6) is 2.39. The lowest BCUT2D eigenvalue weighted by Crippen LogP contribution is -2.51. The molecule has 0 spiro atoms. The van der Waals surface area contributed by atoms with Crippen LogP contribution >= 0.6 is 0 Å². The predicted molar refractivity (Wildman–Crippen MR) is 88.9 cm³/mol. The zero-order valence-electron chi connectivity index (χ0n) is 14.9. The molecule has 2 aliphatic heterocycles. The van der Waals surface area contributed by atoms with Gasteiger partial charge in [-0.15, -0.1) is 0 Å². The maximum absolute atomic E-state index is 5.84. The van der Waals surface area contributed by atoms with E-state index in [1.54, 1.807) is 0 Å². The lowest BCUT2D eigenvalue weighted by atomic mass is 9.86. The summed E-state index contributed by atoms with van der Waals surface area (Å²) in [6.07, 6.45) is 3.56. The van der Waals surface area contributed by atoms with Crippen molar-refractivity contribution in [3.8, 4) is 0 Å². The number of hydrogen-bond donors (Lipinski definition) is 0. The quantitative estimate of drug-likeness (QED) is 0.676. The van der Waals surface area contributed by atoms with Gasteiger partial charge in [-0.25, -0.2) is 0 Å². The Morgan fingerprint density at radius 3 is 2.23 bits per heavy atom. The van der Waals surface area contributed by atoms with Gasteiger partial charge in [-0.05, 0) is 50.1 Å². The Labute approximate surface area is 136 Å². The molecule has 0 amide bonds. The maximum atomic E-state index is 5.84. The Kier molecular flexibility index (Phi) is 7.61. The van der Waals surface area contributed by atoms with E-state index in [4.69, 9.17) is 14.2 Å². The van der Waals surface area contributed by atoms with Gasteiger partial charge in [0.15, 0.2) is 6.29 Å². The molecule has 22 heavy (non-hydrogen) atoms. The van der Waals surface area contributed by atoms with E-state index in [1.807, 2.05) is 0 Å². The van der Waals surface area contributed by atoms with E-state index in [9.17, 15) is 0 Å². The average Bonchev–Trinajstić information content (AvgIpc) is 2.52. The first kappa shape index (κ1) is 18.2. The first-order chi connectivity index (χ1) is 10.6. The number of likely N-dealkylation sites (tertiary alicyclic amines) is 1. The van der Waals surface area contributed by atoms with Crippen LogP contribution < -0.4 is 0 Å². The highest BCUT2D eigenvalue weighted by atomic mass is 16.7. The van der Waals surface area contributed by atoms with Gasteiger partial charge in [-0.2, -0.15) is 0 Å². The first-order valence-corrected chi connectivity index (χ1v) is 9.11. The van der Waals surface area contributed by atoms with Crippen LogP contribution in [0, 0.1) is 17.8 Å². The van der Waals surface area contributed by atoms with Gasteiger partial charge in [0.2, 0.25) is 0 Å². The average molecular weight is 313 g/mol. The van der Waals surface area contributed by atoms with Crippen LogP contribution in [-0.2, 0) is 14.2 Å². The van der Waals surface area contributed by atoms with Gasteiger partial charge in [0, 0.05) is 6.61 Å². The highest BCUT2D eigenvalue weighted by molar-refractivity contribution is 4.81. The normalized spacial score (nSPS) is 28.6. The largest absolute Gasteiger partial charge is 0.376 e. The third kappa shape index (κ3) is 5.80. The zero-order chi connectivity index (χ0) is 15.9. The molecule has 2 aliphatic rings. The fraction of sp³-hybridized carbons (Fsp3) is 1.00. The Hall–Kier alpha value is -0.160. The lowest BCUT2D eigenvalue weighted by Gasteiger charge is -2.41. The smallest absolute Gasteiger partial charge is 0.180 e. The first-order valence-electron chi connectivity index (χ1n) is 9.11. The molecule has 4 heteroatoms. The van der Waals surface area contributed by atoms with Crippen LogP contribution in [0.25, 0.3) is 0 Å². The van der Waals surface area contributed by atoms with Gasteiger partial charge in [0.25, 0.3) is 0 Å². The van der Waals surface area contributed by atoms with Gasteiger partial charge in [-0.1, -0.05) is 27.7 Å². The molecule has 0 unspecified atom stereocenters. The number of rotatable bonds is 7. The molecule has 2 fully saturated rings. The minimum Gasteiger partial charge on any atom is -0.376 e. The molecule has 0 bridgehead atoms. The third-order valence-electron chi connectivity index (χ3n) is 5.08. The van der Waals surface area contributed by atoms with Crippen LogP contribution in [0.2, 0.25) is 0 Å². The Morgan fingerprint density at radius 2 is 1.68 bits per heavy atom. The molecule has 0 saturated carbocycles. The molecule has 2 saturated heterocycles. The van der Waals surface area contributed by atoms with E-state index in [2.05, 4.69) is 32.6 Å². The second-order valence-electron chi connectivity index (χ2n) is 7.62. The van der Waals surface area contributed by atoms with Crippen molar-refractivity contribution in [2.24, 2.45) is 17.8 Å². The maximum Gasteiger partial charge on any atom is 0.180 e. The summed E-state index contributed by atoms with van der Waals surface area (Å²) >= 11 is 0.